The number of carbonyl (C=O) groups is 2. The van der Waals surface area contributed by atoms with Crippen molar-refractivity contribution in [2.24, 2.45) is 0 Å². The molecule has 0 radical (unpaired) electrons. The molecule has 24 heavy (non-hydrogen) atoms. The van der Waals surface area contributed by atoms with Crippen LogP contribution < -0.4 is 64.2 Å². The van der Waals surface area contributed by atoms with Crippen molar-refractivity contribution in [1.82, 2.24) is 0 Å². The fourth-order valence-electron chi connectivity index (χ4n) is 1.94. The van der Waals surface area contributed by atoms with Gasteiger partial charge in [0, 0.05) is 0 Å². The maximum atomic E-state index is 11.3. The number of aliphatic carboxylic acids is 1. The number of hydrogen-bond acceptors (Lipinski definition) is 7. The molecular formula is C14H24Na2O7S. The predicted octanol–water partition coefficient (Wildman–Crippen LogP) is -5.27. The van der Waals surface area contributed by atoms with Crippen LogP contribution in [0.1, 0.15) is 64.7 Å². The van der Waals surface area contributed by atoms with Gasteiger partial charge < -0.3 is 19.2 Å². The fourth-order valence-corrected chi connectivity index (χ4v) is 2.51. The van der Waals surface area contributed by atoms with Crippen molar-refractivity contribution in [3.8, 4) is 0 Å². The number of rotatable bonds is 13. The first-order valence-electron chi connectivity index (χ1n) is 7.60. The molecule has 1 unspecified atom stereocenters. The van der Waals surface area contributed by atoms with Gasteiger partial charge in [-0.2, -0.15) is 0 Å². The van der Waals surface area contributed by atoms with Gasteiger partial charge in [0.05, 0.1) is 24.2 Å². The summed E-state index contributed by atoms with van der Waals surface area (Å²) in [5.41, 5.74) is 0. The zero-order valence-electron chi connectivity index (χ0n) is 14.9. The third-order valence-electron chi connectivity index (χ3n) is 3.22. The summed E-state index contributed by atoms with van der Waals surface area (Å²) in [6.45, 7) is 2.24. The van der Waals surface area contributed by atoms with Gasteiger partial charge in [-0.15, -0.1) is 0 Å². The Hall–Kier alpha value is 0.850. The van der Waals surface area contributed by atoms with Gasteiger partial charge in [-0.25, -0.2) is 8.42 Å². The monoisotopic (exact) mass is 382 g/mol. The van der Waals surface area contributed by atoms with Crippen LogP contribution in [0.5, 0.6) is 0 Å². The summed E-state index contributed by atoms with van der Waals surface area (Å²) in [6.07, 6.45) is 7.48. The Morgan fingerprint density at radius 3 is 1.83 bits per heavy atom. The largest absolute Gasteiger partial charge is 1.00 e. The molecule has 0 saturated carbocycles. The summed E-state index contributed by atoms with van der Waals surface area (Å²) < 4.78 is 36.7. The van der Waals surface area contributed by atoms with Crippen LogP contribution in [-0.2, 0) is 24.4 Å². The number of ether oxygens (including phenoxy) is 1. The van der Waals surface area contributed by atoms with Gasteiger partial charge in [0.15, 0.2) is 0 Å². The number of esters is 1. The number of hydrogen-bond donors (Lipinski definition) is 0. The third kappa shape index (κ3) is 16.3. The first-order valence-corrected chi connectivity index (χ1v) is 9.07. The van der Waals surface area contributed by atoms with Crippen LogP contribution >= 0.6 is 0 Å². The van der Waals surface area contributed by atoms with E-state index in [-0.39, 0.29) is 65.7 Å². The van der Waals surface area contributed by atoms with Crippen LogP contribution in [-0.4, -0.2) is 36.8 Å². The van der Waals surface area contributed by atoms with Crippen LogP contribution in [0.4, 0.5) is 0 Å². The van der Waals surface area contributed by atoms with E-state index < -0.39 is 33.7 Å². The zero-order valence-corrected chi connectivity index (χ0v) is 19.7. The molecule has 0 aromatic rings. The molecule has 0 saturated heterocycles. The van der Waals surface area contributed by atoms with Crippen LogP contribution in [0, 0.1) is 0 Å². The molecule has 7 nitrogen and oxygen atoms in total. The Morgan fingerprint density at radius 1 is 0.958 bits per heavy atom. The van der Waals surface area contributed by atoms with E-state index in [1.54, 1.807) is 0 Å². The van der Waals surface area contributed by atoms with E-state index in [2.05, 4.69) is 6.92 Å². The van der Waals surface area contributed by atoms with E-state index >= 15 is 0 Å². The molecule has 130 valence electrons. The average Bonchev–Trinajstić information content (AvgIpc) is 2.41. The molecule has 0 rings (SSSR count). The molecule has 0 spiro atoms. The van der Waals surface area contributed by atoms with E-state index in [0.29, 0.717) is 6.42 Å². The Labute approximate surface area is 188 Å². The molecule has 0 heterocycles. The van der Waals surface area contributed by atoms with Crippen molar-refractivity contribution >= 4 is 22.1 Å². The zero-order chi connectivity index (χ0) is 17.0. The Balaban J connectivity index is -0.00000220. The Bertz CT molecular complexity index is 440. The number of carboxylic acid groups (broad SMARTS) is 1. The van der Waals surface area contributed by atoms with E-state index in [4.69, 9.17) is 4.74 Å². The number of carboxylic acids is 1. The van der Waals surface area contributed by atoms with Gasteiger partial charge in [-0.05, 0) is 6.42 Å². The first kappa shape index (κ1) is 29.6. The minimum Gasteiger partial charge on any atom is -0.747 e. The van der Waals surface area contributed by atoms with E-state index in [0.717, 1.165) is 19.3 Å². The SMILES string of the molecule is CCCCCCCCCCOC(=O)CC(C(=O)[O-])S(=O)(=O)[O-].[Na+].[Na+]. The van der Waals surface area contributed by atoms with Crippen molar-refractivity contribution in [3.63, 3.8) is 0 Å². The topological polar surface area (TPSA) is 124 Å². The molecule has 0 aliphatic rings. The van der Waals surface area contributed by atoms with Crippen LogP contribution in [0.25, 0.3) is 0 Å². The van der Waals surface area contributed by atoms with E-state index in [1.807, 2.05) is 0 Å². The summed E-state index contributed by atoms with van der Waals surface area (Å²) in [6, 6.07) is 0. The van der Waals surface area contributed by atoms with Crippen LogP contribution in [0.15, 0.2) is 0 Å². The number of carbonyl (C=O) groups excluding carboxylic acids is 2. The summed E-state index contributed by atoms with van der Waals surface area (Å²) in [4.78, 5) is 21.8. The maximum Gasteiger partial charge on any atom is 1.00 e. The quantitative estimate of drug-likeness (QED) is 0.135. The second kappa shape index (κ2) is 17.3. The minimum atomic E-state index is -5.12. The van der Waals surface area contributed by atoms with Gasteiger partial charge in [-0.3, -0.25) is 4.79 Å². The Morgan fingerprint density at radius 2 is 1.42 bits per heavy atom. The number of unbranched alkanes of at least 4 members (excludes halogenated alkanes) is 7. The molecule has 0 fully saturated rings. The molecular weight excluding hydrogens is 358 g/mol. The van der Waals surface area contributed by atoms with Gasteiger partial charge in [0.1, 0.15) is 10.1 Å². The fraction of sp³-hybridized carbons (Fsp3) is 0.857. The first-order chi connectivity index (χ1) is 10.3. The van der Waals surface area contributed by atoms with E-state index in [9.17, 15) is 27.7 Å². The van der Waals surface area contributed by atoms with Crippen molar-refractivity contribution < 1.29 is 91.5 Å². The second-order valence-corrected chi connectivity index (χ2v) is 6.75. The summed E-state index contributed by atoms with van der Waals surface area (Å²) in [5.74, 6) is -3.10. The average molecular weight is 382 g/mol. The summed E-state index contributed by atoms with van der Waals surface area (Å²) >= 11 is 0. The van der Waals surface area contributed by atoms with Crippen molar-refractivity contribution in [2.75, 3.05) is 6.61 Å². The van der Waals surface area contributed by atoms with Gasteiger partial charge in [0.25, 0.3) is 0 Å². The van der Waals surface area contributed by atoms with Crippen molar-refractivity contribution in [1.29, 1.82) is 0 Å². The predicted molar refractivity (Wildman–Crippen MR) is 76.7 cm³/mol. The van der Waals surface area contributed by atoms with Crippen molar-refractivity contribution in [3.05, 3.63) is 0 Å². The molecule has 0 N–H and O–H groups in total. The molecule has 0 aliphatic heterocycles. The van der Waals surface area contributed by atoms with E-state index in [1.165, 1.54) is 25.7 Å². The molecule has 0 bridgehead atoms. The van der Waals surface area contributed by atoms with Gasteiger partial charge >= 0.3 is 65.1 Å². The molecule has 0 aromatic carbocycles. The van der Waals surface area contributed by atoms with Gasteiger partial charge in [0.2, 0.25) is 0 Å². The Kier molecular flexibility index (Phi) is 21.3. The molecule has 0 aromatic heterocycles. The van der Waals surface area contributed by atoms with Crippen molar-refractivity contribution in [2.45, 2.75) is 70.0 Å². The molecule has 0 aliphatic carbocycles. The smallest absolute Gasteiger partial charge is 0.747 e. The minimum absolute atomic E-state index is 0. The third-order valence-corrected chi connectivity index (χ3v) is 4.28. The standard InChI is InChI=1S/C14H26O7S.2Na/c1-2-3-4-5-6-7-8-9-10-21-13(15)11-12(14(16)17)22(18,19)20;;/h12H,2-11H2,1H3,(H,16,17)(H,18,19,20);;/q;2*+1/p-2. The molecule has 10 heteroatoms. The molecule has 1 atom stereocenters. The maximum absolute atomic E-state index is 11.3. The summed E-state index contributed by atoms with van der Waals surface area (Å²) in [5, 5.41) is 8.12. The van der Waals surface area contributed by atoms with Crippen LogP contribution in [0.2, 0.25) is 0 Å². The molecule has 0 amide bonds. The van der Waals surface area contributed by atoms with Crippen LogP contribution in [0.3, 0.4) is 0 Å². The second-order valence-electron chi connectivity index (χ2n) is 5.20. The normalized spacial score (nSPS) is 11.8. The summed E-state index contributed by atoms with van der Waals surface area (Å²) in [7, 11) is -5.12. The van der Waals surface area contributed by atoms with Gasteiger partial charge in [-0.1, -0.05) is 51.9 Å².